The molecule has 5 rings (SSSR count). The van der Waals surface area contributed by atoms with E-state index in [-0.39, 0.29) is 16.1 Å². The van der Waals surface area contributed by atoms with Crippen LogP contribution in [0.3, 0.4) is 0 Å². The normalized spacial score (nSPS) is 22.6. The highest BCUT2D eigenvalue weighted by Gasteiger charge is 2.60. The maximum atomic E-state index is 11.4. The van der Waals surface area contributed by atoms with E-state index in [4.69, 9.17) is 4.98 Å². The average molecular weight is 419 g/mol. The molecule has 0 saturated heterocycles. The van der Waals surface area contributed by atoms with Crippen LogP contribution in [0.25, 0.3) is 10.2 Å². The Morgan fingerprint density at radius 3 is 2.67 bits per heavy atom. The Morgan fingerprint density at radius 1 is 1.20 bits per heavy atom. The van der Waals surface area contributed by atoms with Gasteiger partial charge in [-0.1, -0.05) is 31.4 Å². The molecular weight excluding hydrogens is 396 g/mol. The first-order valence-corrected chi connectivity index (χ1v) is 11.1. The van der Waals surface area contributed by atoms with Crippen molar-refractivity contribution in [3.8, 4) is 6.07 Å². The van der Waals surface area contributed by atoms with Gasteiger partial charge >= 0.3 is 0 Å². The van der Waals surface area contributed by atoms with Crippen LogP contribution in [-0.4, -0.2) is 22.5 Å². The van der Waals surface area contributed by atoms with Gasteiger partial charge < -0.3 is 4.90 Å². The van der Waals surface area contributed by atoms with Gasteiger partial charge in [0.15, 0.2) is 0 Å². The molecule has 2 heterocycles. The molecule has 0 bridgehead atoms. The molecule has 6 nitrogen and oxygen atoms in total. The molecule has 0 amide bonds. The van der Waals surface area contributed by atoms with Gasteiger partial charge in [-0.25, -0.2) is 4.98 Å². The van der Waals surface area contributed by atoms with Crippen LogP contribution < -0.4 is 4.90 Å². The van der Waals surface area contributed by atoms with Crippen molar-refractivity contribution >= 4 is 32.9 Å². The van der Waals surface area contributed by atoms with Crippen LogP contribution in [-0.2, 0) is 11.8 Å². The predicted octanol–water partition coefficient (Wildman–Crippen LogP) is 5.36. The zero-order chi connectivity index (χ0) is 20.9. The first kappa shape index (κ1) is 19.0. The number of non-ortho nitro benzene ring substituents is 1. The summed E-state index contributed by atoms with van der Waals surface area (Å²) in [7, 11) is 2.05. The summed E-state index contributed by atoms with van der Waals surface area (Å²) >= 11 is 1.59. The first-order valence-electron chi connectivity index (χ1n) is 10.3. The molecular formula is C23H22N4O2S. The number of fused-ring (bicyclic) bond motifs is 2. The van der Waals surface area contributed by atoms with Crippen molar-refractivity contribution < 1.29 is 4.92 Å². The third-order valence-corrected chi connectivity index (χ3v) is 8.26. The second-order valence-electron chi connectivity index (χ2n) is 8.40. The highest BCUT2D eigenvalue weighted by molar-refractivity contribution is 7.18. The number of para-hydroxylation sites is 1. The van der Waals surface area contributed by atoms with Crippen LogP contribution in [0.5, 0.6) is 0 Å². The number of nitrogens with zero attached hydrogens (tertiary/aromatic N) is 4. The zero-order valence-electron chi connectivity index (χ0n) is 16.8. The molecule has 1 unspecified atom stereocenters. The van der Waals surface area contributed by atoms with Gasteiger partial charge in [0.2, 0.25) is 0 Å². The number of nitro groups is 1. The molecule has 152 valence electrons. The third kappa shape index (κ3) is 2.50. The Bertz CT molecular complexity index is 1160. The molecule has 2 aliphatic rings. The summed E-state index contributed by atoms with van der Waals surface area (Å²) in [4.78, 5) is 18.2. The van der Waals surface area contributed by atoms with E-state index in [0.717, 1.165) is 52.2 Å². The van der Waals surface area contributed by atoms with Gasteiger partial charge in [-0.2, -0.15) is 5.26 Å². The maximum absolute atomic E-state index is 11.4. The number of hydrogen-bond donors (Lipinski definition) is 0. The second-order valence-corrected chi connectivity index (χ2v) is 9.43. The molecule has 30 heavy (non-hydrogen) atoms. The number of thiazole rings is 1. The van der Waals surface area contributed by atoms with Gasteiger partial charge in [-0.05, 0) is 36.6 Å². The molecule has 0 radical (unpaired) electrons. The Kier molecular flexibility index (Phi) is 4.30. The number of rotatable bonds is 2. The minimum atomic E-state index is -0.839. The lowest BCUT2D eigenvalue weighted by atomic mass is 9.58. The minimum absolute atomic E-state index is 0.0675. The largest absolute Gasteiger partial charge is 0.367 e. The summed E-state index contributed by atoms with van der Waals surface area (Å²) in [6.07, 6.45) is 5.60. The number of anilines is 1. The number of nitro benzene ring substituents is 1. The number of benzene rings is 2. The highest BCUT2D eigenvalue weighted by Crippen LogP contribution is 2.56. The first-order chi connectivity index (χ1) is 14.5. The molecule has 1 atom stereocenters. The second kappa shape index (κ2) is 6.78. The van der Waals surface area contributed by atoms with Crippen molar-refractivity contribution in [3.05, 3.63) is 63.1 Å². The maximum Gasteiger partial charge on any atom is 0.269 e. The molecule has 7 heteroatoms. The van der Waals surface area contributed by atoms with Crippen LogP contribution >= 0.6 is 11.3 Å². The van der Waals surface area contributed by atoms with E-state index in [1.54, 1.807) is 23.5 Å². The van der Waals surface area contributed by atoms with Gasteiger partial charge in [0.25, 0.3) is 5.69 Å². The molecule has 1 aromatic heterocycles. The summed E-state index contributed by atoms with van der Waals surface area (Å²) in [5.74, 6) is 0. The Labute approximate surface area is 178 Å². The molecule has 1 saturated carbocycles. The number of likely N-dealkylation sites (N-methyl/N-ethyl adjacent to an activating group) is 1. The summed E-state index contributed by atoms with van der Waals surface area (Å²) in [6, 6.07) is 15.8. The molecule has 1 spiro atoms. The monoisotopic (exact) mass is 418 g/mol. The highest BCUT2D eigenvalue weighted by atomic mass is 32.1. The van der Waals surface area contributed by atoms with Crippen LogP contribution in [0.1, 0.15) is 42.7 Å². The van der Waals surface area contributed by atoms with E-state index in [0.29, 0.717) is 6.42 Å². The smallest absolute Gasteiger partial charge is 0.269 e. The van der Waals surface area contributed by atoms with E-state index in [9.17, 15) is 15.4 Å². The van der Waals surface area contributed by atoms with E-state index in [1.807, 2.05) is 30.3 Å². The fourth-order valence-corrected chi connectivity index (χ4v) is 6.74. The van der Waals surface area contributed by atoms with E-state index < -0.39 is 5.41 Å². The van der Waals surface area contributed by atoms with Gasteiger partial charge in [0.05, 0.1) is 26.7 Å². The van der Waals surface area contributed by atoms with Crippen molar-refractivity contribution in [1.82, 2.24) is 4.98 Å². The molecule has 1 aliphatic heterocycles. The van der Waals surface area contributed by atoms with Crippen LogP contribution in [0, 0.1) is 21.4 Å². The average Bonchev–Trinajstić information content (AvgIpc) is 3.21. The van der Waals surface area contributed by atoms with Crippen LogP contribution in [0.2, 0.25) is 0 Å². The lowest BCUT2D eigenvalue weighted by Gasteiger charge is -2.57. The standard InChI is InChI=1S/C23H22N4O2S/c1-26-19-10-9-17(27(28)29)13-16(19)14-22(15-24,23(26)11-5-2-6-12-23)21-25-18-7-3-4-8-20(18)30-21/h3-4,7-10,13H,2,5-6,11-12,14H2,1H3. The molecule has 1 aliphatic carbocycles. The number of aromatic nitrogens is 1. The fraction of sp³-hybridized carbons (Fsp3) is 0.391. The summed E-state index contributed by atoms with van der Waals surface area (Å²) in [5.41, 5.74) is 1.62. The fourth-order valence-electron chi connectivity index (χ4n) is 5.54. The SMILES string of the molecule is CN1c2ccc([N+](=O)[O-])cc2CC(C#N)(c2nc3ccccc3s2)C12CCCCC2. The van der Waals surface area contributed by atoms with Crippen molar-refractivity contribution in [1.29, 1.82) is 5.26 Å². The van der Waals surface area contributed by atoms with Crippen molar-refractivity contribution in [2.24, 2.45) is 0 Å². The lowest BCUT2D eigenvalue weighted by molar-refractivity contribution is -0.384. The predicted molar refractivity (Wildman–Crippen MR) is 118 cm³/mol. The molecule has 3 aromatic rings. The van der Waals surface area contributed by atoms with E-state index in [2.05, 4.69) is 18.0 Å². The number of nitriles is 1. The third-order valence-electron chi connectivity index (χ3n) is 7.06. The lowest BCUT2D eigenvalue weighted by Crippen LogP contribution is -2.65. The Hall–Kier alpha value is -2.98. The van der Waals surface area contributed by atoms with Crippen molar-refractivity contribution in [3.63, 3.8) is 0 Å². The molecule has 0 N–H and O–H groups in total. The van der Waals surface area contributed by atoms with Crippen LogP contribution in [0.15, 0.2) is 42.5 Å². The Balaban J connectivity index is 1.77. The van der Waals surface area contributed by atoms with Crippen molar-refractivity contribution in [2.45, 2.75) is 49.5 Å². The van der Waals surface area contributed by atoms with Gasteiger partial charge in [0.1, 0.15) is 10.4 Å². The van der Waals surface area contributed by atoms with Gasteiger partial charge in [0, 0.05) is 31.3 Å². The van der Waals surface area contributed by atoms with E-state index >= 15 is 0 Å². The topological polar surface area (TPSA) is 83.1 Å². The summed E-state index contributed by atoms with van der Waals surface area (Å²) in [5, 5.41) is 22.9. The van der Waals surface area contributed by atoms with E-state index in [1.165, 1.54) is 6.42 Å². The zero-order valence-corrected chi connectivity index (χ0v) is 17.6. The summed E-state index contributed by atoms with van der Waals surface area (Å²) in [6.45, 7) is 0. The minimum Gasteiger partial charge on any atom is -0.367 e. The quantitative estimate of drug-likeness (QED) is 0.413. The Morgan fingerprint density at radius 2 is 1.97 bits per heavy atom. The number of hydrogen-bond acceptors (Lipinski definition) is 6. The van der Waals surface area contributed by atoms with Gasteiger partial charge in [-0.3, -0.25) is 10.1 Å². The molecule has 2 aromatic carbocycles. The molecule has 1 fully saturated rings. The van der Waals surface area contributed by atoms with Gasteiger partial charge in [-0.15, -0.1) is 11.3 Å². The van der Waals surface area contributed by atoms with Crippen molar-refractivity contribution in [2.75, 3.05) is 11.9 Å². The van der Waals surface area contributed by atoms with Crippen LogP contribution in [0.4, 0.5) is 11.4 Å². The summed E-state index contributed by atoms with van der Waals surface area (Å²) < 4.78 is 1.07.